The van der Waals surface area contributed by atoms with Crippen LogP contribution in [0.25, 0.3) is 0 Å². The smallest absolute Gasteiger partial charge is 0.261 e. The number of hydrogen-bond donors (Lipinski definition) is 2. The number of nitrogens with one attached hydrogen (secondary N) is 2. The van der Waals surface area contributed by atoms with Gasteiger partial charge in [-0.25, -0.2) is 8.42 Å². The number of benzene rings is 2. The number of sulfonamides is 1. The zero-order valence-corrected chi connectivity index (χ0v) is 14.5. The molecule has 0 bridgehead atoms. The van der Waals surface area contributed by atoms with Gasteiger partial charge < -0.3 is 5.32 Å². The van der Waals surface area contributed by atoms with Crippen molar-refractivity contribution in [2.75, 3.05) is 11.8 Å². The van der Waals surface area contributed by atoms with Gasteiger partial charge in [-0.3, -0.25) is 9.52 Å². The third-order valence-corrected chi connectivity index (χ3v) is 5.03. The molecule has 23 heavy (non-hydrogen) atoms. The van der Waals surface area contributed by atoms with Gasteiger partial charge in [0.15, 0.2) is 0 Å². The van der Waals surface area contributed by atoms with E-state index in [4.69, 9.17) is 11.6 Å². The zero-order chi connectivity index (χ0) is 17.2. The summed E-state index contributed by atoms with van der Waals surface area (Å²) < 4.78 is 27.6. The normalized spacial score (nSPS) is 11.1. The van der Waals surface area contributed by atoms with Gasteiger partial charge in [-0.15, -0.1) is 0 Å². The van der Waals surface area contributed by atoms with Crippen LogP contribution in [0, 0.1) is 13.8 Å². The van der Waals surface area contributed by atoms with Crippen LogP contribution >= 0.6 is 11.6 Å². The standard InChI is InChI=1S/C16H17ClN2O3S/c1-10-5-7-13(9-14(10)16(20)18-3)23(21,22)19-15-8-12(17)6-4-11(15)2/h4-9,19H,1-3H3,(H,18,20). The van der Waals surface area contributed by atoms with Crippen molar-refractivity contribution in [3.05, 3.63) is 58.1 Å². The van der Waals surface area contributed by atoms with Crippen LogP contribution in [0.4, 0.5) is 5.69 Å². The molecule has 0 saturated carbocycles. The maximum atomic E-state index is 12.6. The fourth-order valence-corrected chi connectivity index (χ4v) is 3.38. The van der Waals surface area contributed by atoms with Crippen molar-refractivity contribution in [3.63, 3.8) is 0 Å². The summed E-state index contributed by atoms with van der Waals surface area (Å²) in [5, 5.41) is 2.93. The summed E-state index contributed by atoms with van der Waals surface area (Å²) >= 11 is 5.91. The molecule has 7 heteroatoms. The quantitative estimate of drug-likeness (QED) is 0.887. The van der Waals surface area contributed by atoms with Gasteiger partial charge in [-0.05, 0) is 49.2 Å². The second kappa shape index (κ2) is 6.60. The molecule has 0 fully saturated rings. The number of aryl methyl sites for hydroxylation is 2. The SMILES string of the molecule is CNC(=O)c1cc(S(=O)(=O)Nc2cc(Cl)ccc2C)ccc1C. The highest BCUT2D eigenvalue weighted by molar-refractivity contribution is 7.92. The van der Waals surface area contributed by atoms with E-state index in [0.29, 0.717) is 21.8 Å². The molecule has 0 aromatic heterocycles. The molecule has 0 unspecified atom stereocenters. The number of anilines is 1. The Morgan fingerprint density at radius 2 is 1.70 bits per heavy atom. The Balaban J connectivity index is 2.44. The minimum atomic E-state index is -3.82. The number of hydrogen-bond acceptors (Lipinski definition) is 3. The third-order valence-electron chi connectivity index (χ3n) is 3.43. The lowest BCUT2D eigenvalue weighted by atomic mass is 10.1. The average Bonchev–Trinajstić information content (AvgIpc) is 2.50. The molecular weight excluding hydrogens is 336 g/mol. The van der Waals surface area contributed by atoms with Crippen LogP contribution in [0.15, 0.2) is 41.3 Å². The van der Waals surface area contributed by atoms with Crippen LogP contribution in [0.2, 0.25) is 5.02 Å². The Morgan fingerprint density at radius 3 is 2.35 bits per heavy atom. The Hall–Kier alpha value is -2.05. The molecule has 0 spiro atoms. The summed E-state index contributed by atoms with van der Waals surface area (Å²) in [5.74, 6) is -0.335. The lowest BCUT2D eigenvalue weighted by Crippen LogP contribution is -2.20. The van der Waals surface area contributed by atoms with Crippen LogP contribution in [0.5, 0.6) is 0 Å². The second-order valence-corrected chi connectivity index (χ2v) is 7.24. The average molecular weight is 353 g/mol. The molecule has 0 saturated heterocycles. The van der Waals surface area contributed by atoms with E-state index in [1.807, 2.05) is 0 Å². The van der Waals surface area contributed by atoms with Crippen molar-refractivity contribution >= 4 is 33.2 Å². The van der Waals surface area contributed by atoms with Crippen LogP contribution in [0.1, 0.15) is 21.5 Å². The molecule has 0 radical (unpaired) electrons. The highest BCUT2D eigenvalue weighted by Crippen LogP contribution is 2.24. The van der Waals surface area contributed by atoms with E-state index in [2.05, 4.69) is 10.0 Å². The molecule has 0 heterocycles. The van der Waals surface area contributed by atoms with E-state index in [0.717, 1.165) is 5.56 Å². The molecule has 0 aliphatic rings. The topological polar surface area (TPSA) is 75.3 Å². The first-order valence-electron chi connectivity index (χ1n) is 6.86. The second-order valence-electron chi connectivity index (χ2n) is 5.12. The number of rotatable bonds is 4. The maximum Gasteiger partial charge on any atom is 0.261 e. The van der Waals surface area contributed by atoms with Gasteiger partial charge in [-0.2, -0.15) is 0 Å². The monoisotopic (exact) mass is 352 g/mol. The highest BCUT2D eigenvalue weighted by atomic mass is 35.5. The molecule has 0 aliphatic heterocycles. The van der Waals surface area contributed by atoms with Gasteiger partial charge >= 0.3 is 0 Å². The Morgan fingerprint density at radius 1 is 1.04 bits per heavy atom. The molecule has 2 N–H and O–H groups in total. The predicted molar refractivity (Wildman–Crippen MR) is 91.6 cm³/mol. The lowest BCUT2D eigenvalue weighted by Gasteiger charge is -2.12. The summed E-state index contributed by atoms with van der Waals surface area (Å²) in [6.07, 6.45) is 0. The third kappa shape index (κ3) is 3.83. The molecule has 1 amide bonds. The summed E-state index contributed by atoms with van der Waals surface area (Å²) in [4.78, 5) is 11.8. The Kier molecular flexibility index (Phi) is 4.97. The zero-order valence-electron chi connectivity index (χ0n) is 13.0. The fourth-order valence-electron chi connectivity index (χ4n) is 2.06. The van der Waals surface area contributed by atoms with Crippen LogP contribution in [-0.2, 0) is 10.0 Å². The fraction of sp³-hybridized carbons (Fsp3) is 0.188. The van der Waals surface area contributed by atoms with E-state index in [1.54, 1.807) is 38.1 Å². The first-order valence-corrected chi connectivity index (χ1v) is 8.72. The van der Waals surface area contributed by atoms with Gasteiger partial charge in [0.05, 0.1) is 10.6 Å². The number of amides is 1. The van der Waals surface area contributed by atoms with Crippen molar-refractivity contribution in [2.24, 2.45) is 0 Å². The molecule has 5 nitrogen and oxygen atoms in total. The van der Waals surface area contributed by atoms with Gasteiger partial charge in [0.2, 0.25) is 0 Å². The predicted octanol–water partition coefficient (Wildman–Crippen LogP) is 3.12. The lowest BCUT2D eigenvalue weighted by molar-refractivity contribution is 0.0962. The van der Waals surface area contributed by atoms with Crippen LogP contribution in [0.3, 0.4) is 0 Å². The van der Waals surface area contributed by atoms with E-state index >= 15 is 0 Å². The Bertz CT molecular complexity index is 864. The van der Waals surface area contributed by atoms with Crippen molar-refractivity contribution in [3.8, 4) is 0 Å². The molecule has 2 rings (SSSR count). The summed E-state index contributed by atoms with van der Waals surface area (Å²) in [7, 11) is -2.33. The van der Waals surface area contributed by atoms with Gasteiger partial charge in [0, 0.05) is 17.6 Å². The first kappa shape index (κ1) is 17.3. The summed E-state index contributed by atoms with van der Waals surface area (Å²) in [6.45, 7) is 3.52. The number of carbonyl (C=O) groups excluding carboxylic acids is 1. The summed E-state index contributed by atoms with van der Waals surface area (Å²) in [6, 6.07) is 9.38. The molecule has 122 valence electrons. The molecule has 2 aromatic rings. The van der Waals surface area contributed by atoms with E-state index in [-0.39, 0.29) is 10.8 Å². The maximum absolute atomic E-state index is 12.6. The van der Waals surface area contributed by atoms with E-state index in [1.165, 1.54) is 19.2 Å². The number of halogens is 1. The van der Waals surface area contributed by atoms with Crippen molar-refractivity contribution < 1.29 is 13.2 Å². The van der Waals surface area contributed by atoms with Gasteiger partial charge in [0.25, 0.3) is 15.9 Å². The first-order chi connectivity index (χ1) is 10.7. The molecule has 0 atom stereocenters. The molecule has 0 aliphatic carbocycles. The molecular formula is C16H17ClN2O3S. The van der Waals surface area contributed by atoms with Crippen molar-refractivity contribution in [1.29, 1.82) is 0 Å². The van der Waals surface area contributed by atoms with Gasteiger partial charge in [-0.1, -0.05) is 23.7 Å². The highest BCUT2D eigenvalue weighted by Gasteiger charge is 2.18. The van der Waals surface area contributed by atoms with Crippen LogP contribution < -0.4 is 10.0 Å². The van der Waals surface area contributed by atoms with Crippen molar-refractivity contribution in [2.45, 2.75) is 18.7 Å². The van der Waals surface area contributed by atoms with Crippen molar-refractivity contribution in [1.82, 2.24) is 5.32 Å². The van der Waals surface area contributed by atoms with E-state index in [9.17, 15) is 13.2 Å². The largest absolute Gasteiger partial charge is 0.355 e. The molecule has 2 aromatic carbocycles. The van der Waals surface area contributed by atoms with E-state index < -0.39 is 10.0 Å². The summed E-state index contributed by atoms with van der Waals surface area (Å²) in [5.41, 5.74) is 2.16. The van der Waals surface area contributed by atoms with Gasteiger partial charge in [0.1, 0.15) is 0 Å². The van der Waals surface area contributed by atoms with Crippen LogP contribution in [-0.4, -0.2) is 21.4 Å². The minimum Gasteiger partial charge on any atom is -0.355 e. The Labute approximate surface area is 140 Å². The number of carbonyl (C=O) groups is 1. The minimum absolute atomic E-state index is 0.0149.